The molecule has 0 aromatic carbocycles. The average Bonchev–Trinajstić information content (AvgIpc) is 2.26. The number of nitrogens with zero attached hydrogens (tertiary/aromatic N) is 5. The highest BCUT2D eigenvalue weighted by atomic mass is 15.1. The maximum absolute atomic E-state index is 8.67. The van der Waals surface area contributed by atoms with Crippen LogP contribution in [0.15, 0.2) is 17.4 Å². The highest BCUT2D eigenvalue weighted by Gasteiger charge is 1.98. The molecule has 2 N–H and O–H groups in total. The number of azide groups is 1. The molecule has 0 amide bonds. The second kappa shape index (κ2) is 5.13. The van der Waals surface area contributed by atoms with E-state index in [1.54, 1.807) is 0 Å². The van der Waals surface area contributed by atoms with Gasteiger partial charge in [0.25, 0.3) is 0 Å². The molecule has 0 bridgehead atoms. The first-order valence-electron chi connectivity index (χ1n) is 3.93. The molecular weight excluding hydrogens is 192 g/mol. The van der Waals surface area contributed by atoms with E-state index in [-0.39, 0.29) is 17.9 Å². The van der Waals surface area contributed by atoms with Crippen LogP contribution < -0.4 is 5.73 Å². The minimum absolute atomic E-state index is 0.0861. The van der Waals surface area contributed by atoms with Gasteiger partial charge in [0.2, 0.25) is 0 Å². The summed E-state index contributed by atoms with van der Waals surface area (Å²) >= 11 is 0. The van der Waals surface area contributed by atoms with Crippen molar-refractivity contribution < 1.29 is 0 Å². The average molecular weight is 198 g/mol. The van der Waals surface area contributed by atoms with Gasteiger partial charge in [-0.05, 0) is 11.6 Å². The topological polar surface area (TPSA) is 111 Å². The van der Waals surface area contributed by atoms with Crippen LogP contribution in [0.4, 0.5) is 5.82 Å². The molecule has 15 heavy (non-hydrogen) atoms. The zero-order valence-corrected chi connectivity index (χ0v) is 7.68. The van der Waals surface area contributed by atoms with E-state index < -0.39 is 0 Å². The third-order valence-corrected chi connectivity index (χ3v) is 1.48. The lowest BCUT2D eigenvalue weighted by Gasteiger charge is -1.95. The quantitative estimate of drug-likeness (QED) is 0.316. The van der Waals surface area contributed by atoms with Crippen molar-refractivity contribution >= 4 is 5.82 Å². The van der Waals surface area contributed by atoms with Crippen molar-refractivity contribution in [2.45, 2.75) is 0 Å². The van der Waals surface area contributed by atoms with Crippen molar-refractivity contribution in [1.82, 2.24) is 4.98 Å². The van der Waals surface area contributed by atoms with Crippen molar-refractivity contribution in [3.8, 4) is 17.9 Å². The van der Waals surface area contributed by atoms with Gasteiger partial charge >= 0.3 is 0 Å². The molecule has 0 atom stereocenters. The molecule has 1 aromatic rings. The Hall–Kier alpha value is -2.69. The summed E-state index contributed by atoms with van der Waals surface area (Å²) in [6.45, 7) is 0.0861. The molecular formula is C9H6N6. The monoisotopic (exact) mass is 198 g/mol. The summed E-state index contributed by atoms with van der Waals surface area (Å²) in [5, 5.41) is 11.9. The number of nitriles is 1. The van der Waals surface area contributed by atoms with Gasteiger partial charge in [-0.25, -0.2) is 4.98 Å². The van der Waals surface area contributed by atoms with Crippen LogP contribution in [0.5, 0.6) is 0 Å². The molecule has 0 fully saturated rings. The molecule has 1 rings (SSSR count). The van der Waals surface area contributed by atoms with Gasteiger partial charge in [-0.2, -0.15) is 5.26 Å². The first-order valence-corrected chi connectivity index (χ1v) is 3.93. The lowest BCUT2D eigenvalue weighted by Crippen LogP contribution is -1.94. The maximum Gasteiger partial charge on any atom is 0.141 e. The first kappa shape index (κ1) is 10.4. The lowest BCUT2D eigenvalue weighted by atomic mass is 10.2. The predicted octanol–water partition coefficient (Wildman–Crippen LogP) is 1.20. The summed E-state index contributed by atoms with van der Waals surface area (Å²) < 4.78 is 0. The van der Waals surface area contributed by atoms with E-state index in [1.165, 1.54) is 12.3 Å². The van der Waals surface area contributed by atoms with Gasteiger partial charge in [0.05, 0.1) is 12.1 Å². The second-order valence-corrected chi connectivity index (χ2v) is 2.46. The summed E-state index contributed by atoms with van der Waals surface area (Å²) in [6.07, 6.45) is 1.46. The minimum atomic E-state index is 0.0861. The standard InChI is InChI=1S/C9H6N6/c10-5-8-4-7(6-13-9(8)11)2-1-3-14-15-12/h4,6H,3H2,(H2,11,13). The van der Waals surface area contributed by atoms with Gasteiger partial charge in [0.15, 0.2) is 0 Å². The van der Waals surface area contributed by atoms with Crippen LogP contribution in [-0.2, 0) is 0 Å². The van der Waals surface area contributed by atoms with E-state index in [0.29, 0.717) is 5.56 Å². The van der Waals surface area contributed by atoms with E-state index in [4.69, 9.17) is 16.5 Å². The largest absolute Gasteiger partial charge is 0.383 e. The zero-order valence-electron chi connectivity index (χ0n) is 7.68. The lowest BCUT2D eigenvalue weighted by molar-refractivity contribution is 1.25. The van der Waals surface area contributed by atoms with E-state index in [2.05, 4.69) is 26.9 Å². The van der Waals surface area contributed by atoms with Gasteiger partial charge in [-0.3, -0.25) is 0 Å². The number of hydrogen-bond donors (Lipinski definition) is 1. The smallest absolute Gasteiger partial charge is 0.141 e. The fourth-order valence-corrected chi connectivity index (χ4v) is 0.842. The van der Waals surface area contributed by atoms with E-state index >= 15 is 0 Å². The normalized spacial score (nSPS) is 7.93. The Labute approximate surface area is 86.0 Å². The first-order chi connectivity index (χ1) is 7.27. The Kier molecular flexibility index (Phi) is 3.55. The molecule has 1 heterocycles. The van der Waals surface area contributed by atoms with Crippen LogP contribution >= 0.6 is 0 Å². The molecule has 0 radical (unpaired) electrons. The van der Waals surface area contributed by atoms with Crippen molar-refractivity contribution in [1.29, 1.82) is 5.26 Å². The number of pyridine rings is 1. The Morgan fingerprint density at radius 1 is 1.67 bits per heavy atom. The Bertz CT molecular complexity index is 510. The molecule has 0 spiro atoms. The number of anilines is 1. The minimum Gasteiger partial charge on any atom is -0.383 e. The number of nitrogen functional groups attached to an aromatic ring is 1. The fraction of sp³-hybridized carbons (Fsp3) is 0.111. The van der Waals surface area contributed by atoms with E-state index in [0.717, 1.165) is 0 Å². The molecule has 0 saturated heterocycles. The molecule has 0 aliphatic carbocycles. The van der Waals surface area contributed by atoms with Crippen LogP contribution in [0.1, 0.15) is 11.1 Å². The Balaban J connectivity index is 2.91. The molecule has 0 aliphatic rings. The summed E-state index contributed by atoms with van der Waals surface area (Å²) in [4.78, 5) is 6.35. The van der Waals surface area contributed by atoms with Crippen molar-refractivity contribution in [3.63, 3.8) is 0 Å². The van der Waals surface area contributed by atoms with Gasteiger partial charge in [0.1, 0.15) is 11.9 Å². The molecule has 72 valence electrons. The molecule has 0 aliphatic heterocycles. The Morgan fingerprint density at radius 2 is 2.47 bits per heavy atom. The van der Waals surface area contributed by atoms with Crippen LogP contribution in [0.2, 0.25) is 0 Å². The number of nitrogens with two attached hydrogens (primary N) is 1. The van der Waals surface area contributed by atoms with Gasteiger partial charge in [-0.1, -0.05) is 17.0 Å². The molecule has 6 heteroatoms. The van der Waals surface area contributed by atoms with Crippen molar-refractivity contribution in [3.05, 3.63) is 33.8 Å². The summed E-state index contributed by atoms with van der Waals surface area (Å²) in [6, 6.07) is 3.43. The fourth-order valence-electron chi connectivity index (χ4n) is 0.842. The van der Waals surface area contributed by atoms with Gasteiger partial charge in [0, 0.05) is 16.7 Å². The molecule has 0 unspecified atom stereocenters. The molecule has 1 aromatic heterocycles. The predicted molar refractivity (Wildman–Crippen MR) is 54.3 cm³/mol. The number of aromatic nitrogens is 1. The van der Waals surface area contributed by atoms with Gasteiger partial charge < -0.3 is 5.73 Å². The molecule has 6 nitrogen and oxygen atoms in total. The highest BCUT2D eigenvalue weighted by Crippen LogP contribution is 2.07. The van der Waals surface area contributed by atoms with Crippen LogP contribution in [0, 0.1) is 23.2 Å². The van der Waals surface area contributed by atoms with Gasteiger partial charge in [-0.15, -0.1) is 0 Å². The second-order valence-electron chi connectivity index (χ2n) is 2.46. The Morgan fingerprint density at radius 3 is 3.13 bits per heavy atom. The van der Waals surface area contributed by atoms with Crippen LogP contribution in [0.25, 0.3) is 10.4 Å². The van der Waals surface area contributed by atoms with E-state index in [9.17, 15) is 0 Å². The van der Waals surface area contributed by atoms with E-state index in [1.807, 2.05) is 6.07 Å². The van der Waals surface area contributed by atoms with Crippen molar-refractivity contribution in [2.75, 3.05) is 12.3 Å². The summed E-state index contributed by atoms with van der Waals surface area (Å²) in [5.74, 6) is 5.49. The zero-order chi connectivity index (χ0) is 11.1. The summed E-state index contributed by atoms with van der Waals surface area (Å²) in [5.41, 5.74) is 14.3. The third-order valence-electron chi connectivity index (χ3n) is 1.48. The molecule has 0 saturated carbocycles. The summed E-state index contributed by atoms with van der Waals surface area (Å²) in [7, 11) is 0. The van der Waals surface area contributed by atoms with Crippen molar-refractivity contribution in [2.24, 2.45) is 5.11 Å². The third kappa shape index (κ3) is 2.92. The highest BCUT2D eigenvalue weighted by molar-refractivity contribution is 5.52. The maximum atomic E-state index is 8.67. The van der Waals surface area contributed by atoms with Crippen LogP contribution in [0.3, 0.4) is 0 Å². The van der Waals surface area contributed by atoms with Crippen LogP contribution in [-0.4, -0.2) is 11.5 Å². The number of rotatable bonds is 1. The SMILES string of the molecule is N#Cc1cc(C#CCN=[N+]=[N-])cnc1N. The number of hydrogen-bond acceptors (Lipinski definition) is 4.